The number of hydrogen-bond acceptors (Lipinski definition) is 5. The maximum absolute atomic E-state index is 11.5. The van der Waals surface area contributed by atoms with Crippen molar-refractivity contribution in [1.29, 1.82) is 0 Å². The van der Waals surface area contributed by atoms with E-state index in [1.807, 2.05) is 37.3 Å². The van der Waals surface area contributed by atoms with Crippen LogP contribution in [0.1, 0.15) is 64.4 Å². The molecule has 0 amide bonds. The molecule has 5 nitrogen and oxygen atoms in total. The molecule has 0 saturated heterocycles. The van der Waals surface area contributed by atoms with Crippen LogP contribution in [-0.4, -0.2) is 39.0 Å². The normalized spacial score (nSPS) is 13.5. The van der Waals surface area contributed by atoms with Gasteiger partial charge in [-0.25, -0.2) is 0 Å². The maximum Gasteiger partial charge on any atom is 0.155 e. The summed E-state index contributed by atoms with van der Waals surface area (Å²) < 4.78 is 22.6. The molecule has 29 heavy (non-hydrogen) atoms. The minimum absolute atomic E-state index is 0.0194. The number of methoxy groups -OCH3 is 2. The lowest BCUT2D eigenvalue weighted by atomic mass is 10.0. The summed E-state index contributed by atoms with van der Waals surface area (Å²) in [6.07, 6.45) is 9.97. The minimum atomic E-state index is -0.0774. The number of carbonyl (C=O) groups excluding carboxylic acids is 1. The average molecular weight is 407 g/mol. The van der Waals surface area contributed by atoms with Gasteiger partial charge in [-0.05, 0) is 43.0 Å². The summed E-state index contributed by atoms with van der Waals surface area (Å²) in [5.74, 6) is 0.984. The maximum atomic E-state index is 11.5. The molecule has 0 bridgehead atoms. The Bertz CT molecular complexity index is 567. The predicted molar refractivity (Wildman–Crippen MR) is 116 cm³/mol. The zero-order valence-electron chi connectivity index (χ0n) is 18.5. The lowest BCUT2D eigenvalue weighted by Crippen LogP contribution is -2.32. The third-order valence-corrected chi connectivity index (χ3v) is 4.80. The van der Waals surface area contributed by atoms with Gasteiger partial charge in [0.25, 0.3) is 0 Å². The second-order valence-corrected chi connectivity index (χ2v) is 7.10. The third kappa shape index (κ3) is 11.2. The SMILES string of the molecule is CCCCC[C@@H](OCc1ccc(OC)cc1)[C@H](CC/C=C/C(=O)CC)OCOC. The Morgan fingerprint density at radius 3 is 2.34 bits per heavy atom. The van der Waals surface area contributed by atoms with Crippen LogP contribution in [-0.2, 0) is 25.6 Å². The first-order chi connectivity index (χ1) is 14.1. The van der Waals surface area contributed by atoms with Gasteiger partial charge >= 0.3 is 0 Å². The highest BCUT2D eigenvalue weighted by Crippen LogP contribution is 2.20. The van der Waals surface area contributed by atoms with Crippen molar-refractivity contribution in [3.63, 3.8) is 0 Å². The Labute approximate surface area is 176 Å². The van der Waals surface area contributed by atoms with E-state index in [1.165, 1.54) is 6.42 Å². The van der Waals surface area contributed by atoms with Gasteiger partial charge in [0.05, 0.1) is 25.9 Å². The van der Waals surface area contributed by atoms with Crippen LogP contribution in [0.25, 0.3) is 0 Å². The zero-order chi connectivity index (χ0) is 21.3. The Balaban J connectivity index is 2.73. The molecule has 0 aliphatic heterocycles. The lowest BCUT2D eigenvalue weighted by molar-refractivity contribution is -0.136. The highest BCUT2D eigenvalue weighted by atomic mass is 16.7. The first kappa shape index (κ1) is 25.3. The molecule has 1 rings (SSSR count). The van der Waals surface area contributed by atoms with E-state index in [4.69, 9.17) is 18.9 Å². The van der Waals surface area contributed by atoms with Crippen molar-refractivity contribution in [2.24, 2.45) is 0 Å². The van der Waals surface area contributed by atoms with Gasteiger partial charge in [-0.2, -0.15) is 0 Å². The van der Waals surface area contributed by atoms with Crippen LogP contribution in [0.4, 0.5) is 0 Å². The Hall–Kier alpha value is -1.69. The van der Waals surface area contributed by atoms with E-state index < -0.39 is 0 Å². The highest BCUT2D eigenvalue weighted by molar-refractivity contribution is 5.89. The second-order valence-electron chi connectivity index (χ2n) is 7.10. The largest absolute Gasteiger partial charge is 0.497 e. The number of unbranched alkanes of at least 4 members (excludes halogenated alkanes) is 2. The van der Waals surface area contributed by atoms with E-state index in [9.17, 15) is 4.79 Å². The van der Waals surface area contributed by atoms with Crippen molar-refractivity contribution in [3.8, 4) is 5.75 Å². The van der Waals surface area contributed by atoms with Crippen LogP contribution < -0.4 is 4.74 Å². The van der Waals surface area contributed by atoms with Gasteiger partial charge in [-0.1, -0.05) is 51.3 Å². The fraction of sp³-hybridized carbons (Fsp3) is 0.625. The van der Waals surface area contributed by atoms with E-state index in [2.05, 4.69) is 6.92 Å². The molecule has 1 aromatic carbocycles. The van der Waals surface area contributed by atoms with Crippen LogP contribution in [0.2, 0.25) is 0 Å². The van der Waals surface area contributed by atoms with Gasteiger partial charge in [0.1, 0.15) is 12.5 Å². The second kappa shape index (κ2) is 16.1. The van der Waals surface area contributed by atoms with Crippen LogP contribution in [0.15, 0.2) is 36.4 Å². The lowest BCUT2D eigenvalue weighted by Gasteiger charge is -2.27. The van der Waals surface area contributed by atoms with E-state index in [0.29, 0.717) is 13.0 Å². The number of carbonyl (C=O) groups is 1. The van der Waals surface area contributed by atoms with Crippen molar-refractivity contribution >= 4 is 5.78 Å². The summed E-state index contributed by atoms with van der Waals surface area (Å²) in [6.45, 7) is 4.83. The van der Waals surface area contributed by atoms with E-state index in [-0.39, 0.29) is 24.8 Å². The van der Waals surface area contributed by atoms with Crippen LogP contribution in [0.3, 0.4) is 0 Å². The summed E-state index contributed by atoms with van der Waals surface area (Å²) in [5, 5.41) is 0. The predicted octanol–water partition coefficient (Wildman–Crippen LogP) is 5.47. The summed E-state index contributed by atoms with van der Waals surface area (Å²) in [6, 6.07) is 7.93. The van der Waals surface area contributed by atoms with Gasteiger partial charge < -0.3 is 18.9 Å². The van der Waals surface area contributed by atoms with Gasteiger partial charge in [0, 0.05) is 13.5 Å². The molecule has 0 aliphatic rings. The summed E-state index contributed by atoms with van der Waals surface area (Å²) in [7, 11) is 3.29. The van der Waals surface area contributed by atoms with Crippen molar-refractivity contribution in [2.45, 2.75) is 77.6 Å². The number of ether oxygens (including phenoxy) is 4. The summed E-state index contributed by atoms with van der Waals surface area (Å²) in [4.78, 5) is 11.5. The number of hydrogen-bond donors (Lipinski definition) is 0. The fourth-order valence-electron chi connectivity index (χ4n) is 3.02. The molecular formula is C24H38O5. The van der Waals surface area contributed by atoms with E-state index >= 15 is 0 Å². The molecule has 0 aromatic heterocycles. The van der Waals surface area contributed by atoms with Crippen molar-refractivity contribution in [2.75, 3.05) is 21.0 Å². The topological polar surface area (TPSA) is 54.0 Å². The van der Waals surface area contributed by atoms with Crippen molar-refractivity contribution in [1.82, 2.24) is 0 Å². The molecular weight excluding hydrogens is 368 g/mol. The summed E-state index contributed by atoms with van der Waals surface area (Å²) in [5.41, 5.74) is 1.10. The number of rotatable bonds is 17. The monoisotopic (exact) mass is 406 g/mol. The molecule has 0 heterocycles. The first-order valence-electron chi connectivity index (χ1n) is 10.7. The highest BCUT2D eigenvalue weighted by Gasteiger charge is 2.22. The quantitative estimate of drug-likeness (QED) is 0.195. The van der Waals surface area contributed by atoms with Gasteiger partial charge in [0.15, 0.2) is 5.78 Å². The third-order valence-electron chi connectivity index (χ3n) is 4.80. The molecule has 1 aromatic rings. The number of benzene rings is 1. The molecule has 0 N–H and O–H groups in total. The van der Waals surface area contributed by atoms with Gasteiger partial charge in [-0.15, -0.1) is 0 Å². The van der Waals surface area contributed by atoms with Crippen molar-refractivity contribution < 1.29 is 23.7 Å². The molecule has 5 heteroatoms. The zero-order valence-corrected chi connectivity index (χ0v) is 18.5. The molecule has 0 saturated carbocycles. The van der Waals surface area contributed by atoms with E-state index in [1.54, 1.807) is 20.3 Å². The minimum Gasteiger partial charge on any atom is -0.497 e. The Kier molecular flexibility index (Phi) is 14.1. The molecule has 0 spiro atoms. The molecule has 0 unspecified atom stereocenters. The smallest absolute Gasteiger partial charge is 0.155 e. The number of allylic oxidation sites excluding steroid dienone is 2. The van der Waals surface area contributed by atoms with Crippen LogP contribution in [0.5, 0.6) is 5.75 Å². The van der Waals surface area contributed by atoms with E-state index in [0.717, 1.165) is 43.4 Å². The molecule has 164 valence electrons. The summed E-state index contributed by atoms with van der Waals surface area (Å²) >= 11 is 0. The average Bonchev–Trinajstić information content (AvgIpc) is 2.76. The first-order valence-corrected chi connectivity index (χ1v) is 10.7. The fourth-order valence-corrected chi connectivity index (χ4v) is 3.02. The molecule has 0 fully saturated rings. The van der Waals surface area contributed by atoms with Crippen LogP contribution >= 0.6 is 0 Å². The molecule has 0 radical (unpaired) electrons. The Morgan fingerprint density at radius 2 is 1.72 bits per heavy atom. The van der Waals surface area contributed by atoms with Gasteiger partial charge in [0.2, 0.25) is 0 Å². The number of ketones is 1. The molecule has 2 atom stereocenters. The standard InChI is InChI=1S/C24H38O5/c1-5-7-8-12-23(28-18-20-14-16-22(27-4)17-15-20)24(29-19-26-3)13-10-9-11-21(25)6-2/h9,11,14-17,23-24H,5-8,10,12-13,18-19H2,1-4H3/b11-9+/t23-,24+/m1/s1. The Morgan fingerprint density at radius 1 is 1.00 bits per heavy atom. The van der Waals surface area contributed by atoms with Crippen molar-refractivity contribution in [3.05, 3.63) is 42.0 Å². The van der Waals surface area contributed by atoms with Crippen LogP contribution in [0, 0.1) is 0 Å². The molecule has 0 aliphatic carbocycles. The van der Waals surface area contributed by atoms with Gasteiger partial charge in [-0.3, -0.25) is 4.79 Å².